The number of hydrogen-bond acceptors (Lipinski definition) is 5. The molecule has 0 bridgehead atoms. The summed E-state index contributed by atoms with van der Waals surface area (Å²) in [5.74, 6) is 1.32. The average Bonchev–Trinajstić information content (AvgIpc) is 3.33. The molecule has 0 radical (unpaired) electrons. The normalized spacial score (nSPS) is 22.6. The summed E-state index contributed by atoms with van der Waals surface area (Å²) in [5.41, 5.74) is 15.9. The molecule has 0 unspecified atom stereocenters. The van der Waals surface area contributed by atoms with Gasteiger partial charge in [0.2, 0.25) is 0 Å². The summed E-state index contributed by atoms with van der Waals surface area (Å²) in [6.45, 7) is 0.784. The van der Waals surface area contributed by atoms with Gasteiger partial charge in [-0.2, -0.15) is 5.10 Å². The molecule has 2 aliphatic rings. The van der Waals surface area contributed by atoms with E-state index in [9.17, 15) is 0 Å². The van der Waals surface area contributed by atoms with Crippen molar-refractivity contribution in [2.24, 2.45) is 11.7 Å². The molecule has 0 aliphatic heterocycles. The quantitative estimate of drug-likeness (QED) is 0.674. The van der Waals surface area contributed by atoms with Crippen LogP contribution in [-0.4, -0.2) is 27.5 Å². The highest BCUT2D eigenvalue weighted by Gasteiger charge is 2.35. The zero-order valence-electron chi connectivity index (χ0n) is 14.5. The molecular weight excluding hydrogens is 312 g/mol. The molecule has 2 fully saturated rings. The minimum Gasteiger partial charge on any atom is -0.398 e. The molecule has 0 saturated heterocycles. The first-order valence-electron chi connectivity index (χ1n) is 9.25. The van der Waals surface area contributed by atoms with Crippen molar-refractivity contribution >= 4 is 11.9 Å². The summed E-state index contributed by atoms with van der Waals surface area (Å²) in [6.07, 6.45) is 12.3. The van der Waals surface area contributed by atoms with Crippen molar-refractivity contribution in [2.75, 3.05) is 12.3 Å². The average molecular weight is 338 g/mol. The topological polar surface area (TPSA) is 107 Å². The van der Waals surface area contributed by atoms with Gasteiger partial charge in [0, 0.05) is 41.3 Å². The van der Waals surface area contributed by atoms with E-state index in [4.69, 9.17) is 22.0 Å². The summed E-state index contributed by atoms with van der Waals surface area (Å²) in [7, 11) is 0. The molecule has 6 heteroatoms. The number of anilines is 1. The molecule has 2 aromatic rings. The van der Waals surface area contributed by atoms with Gasteiger partial charge in [-0.25, -0.2) is 0 Å². The number of nitrogens with two attached hydrogens (primary N) is 2. The lowest BCUT2D eigenvalue weighted by atomic mass is 9.77. The molecule has 2 heterocycles. The fourth-order valence-electron chi connectivity index (χ4n) is 3.85. The number of rotatable bonds is 7. The highest BCUT2D eigenvalue weighted by Crippen LogP contribution is 2.46. The number of nitrogens with zero attached hydrogens (tertiary/aromatic N) is 3. The van der Waals surface area contributed by atoms with Gasteiger partial charge in [-0.3, -0.25) is 9.67 Å². The monoisotopic (exact) mass is 338 g/mol. The summed E-state index contributed by atoms with van der Waals surface area (Å²) in [6, 6.07) is 2.23. The third-order valence-corrected chi connectivity index (χ3v) is 5.55. The Morgan fingerprint density at radius 1 is 1.32 bits per heavy atom. The maximum atomic E-state index is 7.72. The van der Waals surface area contributed by atoms with E-state index in [0.717, 1.165) is 35.8 Å². The maximum Gasteiger partial charge on any atom is 0.0844 e. The van der Waals surface area contributed by atoms with Gasteiger partial charge in [-0.15, -0.1) is 0 Å². The number of pyridine rings is 1. The Bertz CT molecular complexity index is 770. The molecule has 2 aliphatic carbocycles. The highest BCUT2D eigenvalue weighted by molar-refractivity contribution is 5.93. The largest absolute Gasteiger partial charge is 0.398 e. The molecule has 6 nitrogen and oxygen atoms in total. The van der Waals surface area contributed by atoms with Crippen LogP contribution in [0.5, 0.6) is 0 Å². The van der Waals surface area contributed by atoms with E-state index in [1.165, 1.54) is 38.3 Å². The third kappa shape index (κ3) is 3.06. The molecule has 0 amide bonds. The molecule has 0 aromatic carbocycles. The predicted molar refractivity (Wildman–Crippen MR) is 99.8 cm³/mol. The van der Waals surface area contributed by atoms with Crippen molar-refractivity contribution in [2.45, 2.75) is 50.5 Å². The predicted octanol–water partition coefficient (Wildman–Crippen LogP) is 3.09. The SMILES string of the molecule is N=Cc1c(N)ccnc1-c1cn([C@H]2C[C@@H](CCCN)C2)nc1C1CC1. The first-order valence-corrected chi connectivity index (χ1v) is 9.25. The van der Waals surface area contributed by atoms with Gasteiger partial charge in [0.25, 0.3) is 0 Å². The van der Waals surface area contributed by atoms with Gasteiger partial charge >= 0.3 is 0 Å². The van der Waals surface area contributed by atoms with Gasteiger partial charge in [0.1, 0.15) is 0 Å². The number of nitrogens with one attached hydrogen (secondary N) is 1. The van der Waals surface area contributed by atoms with Crippen molar-refractivity contribution in [3.63, 3.8) is 0 Å². The third-order valence-electron chi connectivity index (χ3n) is 5.55. The van der Waals surface area contributed by atoms with Gasteiger partial charge in [0.15, 0.2) is 0 Å². The molecule has 0 atom stereocenters. The fourth-order valence-corrected chi connectivity index (χ4v) is 3.85. The minimum absolute atomic E-state index is 0.485. The van der Waals surface area contributed by atoms with E-state index < -0.39 is 0 Å². The van der Waals surface area contributed by atoms with Gasteiger partial charge in [-0.05, 0) is 57.1 Å². The molecule has 5 N–H and O–H groups in total. The van der Waals surface area contributed by atoms with E-state index in [1.54, 1.807) is 12.3 Å². The number of nitrogen functional groups attached to an aromatic ring is 1. The number of hydrogen-bond donors (Lipinski definition) is 3. The van der Waals surface area contributed by atoms with Crippen molar-refractivity contribution in [3.8, 4) is 11.3 Å². The fraction of sp³-hybridized carbons (Fsp3) is 0.526. The van der Waals surface area contributed by atoms with Crippen LogP contribution in [0, 0.1) is 11.3 Å². The summed E-state index contributed by atoms with van der Waals surface area (Å²) >= 11 is 0. The van der Waals surface area contributed by atoms with Crippen LogP contribution in [0.15, 0.2) is 18.5 Å². The lowest BCUT2D eigenvalue weighted by molar-refractivity contribution is 0.171. The Balaban J connectivity index is 1.62. The van der Waals surface area contributed by atoms with Gasteiger partial charge in [0.05, 0.1) is 17.4 Å². The Morgan fingerprint density at radius 3 is 2.80 bits per heavy atom. The first-order chi connectivity index (χ1) is 12.2. The van der Waals surface area contributed by atoms with Crippen LogP contribution in [-0.2, 0) is 0 Å². The second kappa shape index (κ2) is 6.59. The van der Waals surface area contributed by atoms with E-state index in [-0.39, 0.29) is 0 Å². The molecule has 0 spiro atoms. The smallest absolute Gasteiger partial charge is 0.0844 e. The lowest BCUT2D eigenvalue weighted by Crippen LogP contribution is -2.27. The minimum atomic E-state index is 0.485. The summed E-state index contributed by atoms with van der Waals surface area (Å²) in [4.78, 5) is 4.52. The van der Waals surface area contributed by atoms with Crippen LogP contribution < -0.4 is 11.5 Å². The maximum absolute atomic E-state index is 7.72. The molecule has 4 rings (SSSR count). The van der Waals surface area contributed by atoms with Crippen molar-refractivity contribution in [1.29, 1.82) is 5.41 Å². The zero-order chi connectivity index (χ0) is 17.4. The number of aromatic nitrogens is 3. The van der Waals surface area contributed by atoms with Gasteiger partial charge in [-0.1, -0.05) is 0 Å². The van der Waals surface area contributed by atoms with Crippen LogP contribution in [0.4, 0.5) is 5.69 Å². The van der Waals surface area contributed by atoms with Crippen LogP contribution >= 0.6 is 0 Å². The Hall–Kier alpha value is -2.21. The molecule has 132 valence electrons. The molecule has 2 saturated carbocycles. The van der Waals surface area contributed by atoms with E-state index in [0.29, 0.717) is 23.2 Å². The summed E-state index contributed by atoms with van der Waals surface area (Å²) < 4.78 is 2.14. The van der Waals surface area contributed by atoms with E-state index in [2.05, 4.69) is 15.9 Å². The van der Waals surface area contributed by atoms with Crippen molar-refractivity contribution in [3.05, 3.63) is 29.7 Å². The van der Waals surface area contributed by atoms with Crippen molar-refractivity contribution < 1.29 is 0 Å². The van der Waals surface area contributed by atoms with E-state index >= 15 is 0 Å². The molecular formula is C19H26N6. The first kappa shape index (κ1) is 16.3. The van der Waals surface area contributed by atoms with Crippen LogP contribution in [0.3, 0.4) is 0 Å². The van der Waals surface area contributed by atoms with Crippen molar-refractivity contribution in [1.82, 2.24) is 14.8 Å². The van der Waals surface area contributed by atoms with Gasteiger partial charge < -0.3 is 16.9 Å². The second-order valence-corrected chi connectivity index (χ2v) is 7.41. The van der Waals surface area contributed by atoms with E-state index in [1.807, 2.05) is 0 Å². The van der Waals surface area contributed by atoms with Crippen LogP contribution in [0.2, 0.25) is 0 Å². The second-order valence-electron chi connectivity index (χ2n) is 7.41. The zero-order valence-corrected chi connectivity index (χ0v) is 14.5. The molecule has 25 heavy (non-hydrogen) atoms. The highest BCUT2D eigenvalue weighted by atomic mass is 15.3. The van der Waals surface area contributed by atoms with Crippen LogP contribution in [0.1, 0.15) is 61.7 Å². The standard InChI is InChI=1S/C19H26N6/c20-6-1-2-12-8-14(9-12)25-11-16(18(24-25)13-3-4-13)19-15(10-21)17(22)5-7-23-19/h5,7,10-14,21H,1-4,6,8-9,20H2,(H2,22,23)/t12-,14+. The lowest BCUT2D eigenvalue weighted by Gasteiger charge is -2.35. The van der Waals surface area contributed by atoms with Crippen LogP contribution in [0.25, 0.3) is 11.3 Å². The Labute approximate surface area is 148 Å². The molecule has 2 aromatic heterocycles. The summed E-state index contributed by atoms with van der Waals surface area (Å²) in [5, 5.41) is 12.6. The Morgan fingerprint density at radius 2 is 2.12 bits per heavy atom. The Kier molecular flexibility index (Phi) is 4.29.